The summed E-state index contributed by atoms with van der Waals surface area (Å²) in [6.45, 7) is 0.953. The van der Waals surface area contributed by atoms with Gasteiger partial charge in [-0.25, -0.2) is 0 Å². The van der Waals surface area contributed by atoms with Crippen LogP contribution in [0.3, 0.4) is 0 Å². The standard InChI is InChI=1S/C13H19N5/c1-17-9-15-16-13(17)6-8-18-7-5-10-11(14)3-2-4-12(10)18/h5,7,9,11H,2-4,6,8,14H2,1H3. The minimum absolute atomic E-state index is 0.227. The molecular formula is C13H19N5. The highest BCUT2D eigenvalue weighted by Crippen LogP contribution is 2.28. The molecule has 1 aliphatic rings. The summed E-state index contributed by atoms with van der Waals surface area (Å²) in [6, 6.07) is 2.40. The molecule has 1 aliphatic carbocycles. The summed E-state index contributed by atoms with van der Waals surface area (Å²) in [5.74, 6) is 1.03. The number of hydrogen-bond acceptors (Lipinski definition) is 3. The van der Waals surface area contributed by atoms with Gasteiger partial charge in [0, 0.05) is 37.9 Å². The van der Waals surface area contributed by atoms with Gasteiger partial charge in [0.25, 0.3) is 0 Å². The van der Waals surface area contributed by atoms with Gasteiger partial charge in [0.05, 0.1) is 0 Å². The molecule has 0 amide bonds. The zero-order chi connectivity index (χ0) is 12.5. The summed E-state index contributed by atoms with van der Waals surface area (Å²) in [5.41, 5.74) is 8.88. The van der Waals surface area contributed by atoms with Crippen LogP contribution in [0.1, 0.15) is 36.0 Å². The largest absolute Gasteiger partial charge is 0.351 e. The van der Waals surface area contributed by atoms with Crippen LogP contribution in [0, 0.1) is 0 Å². The fraction of sp³-hybridized carbons (Fsp3) is 0.538. The van der Waals surface area contributed by atoms with Crippen molar-refractivity contribution in [2.45, 2.75) is 38.3 Å². The number of nitrogens with zero attached hydrogens (tertiary/aromatic N) is 4. The Morgan fingerprint density at radius 3 is 3.17 bits per heavy atom. The monoisotopic (exact) mass is 245 g/mol. The first kappa shape index (κ1) is 11.5. The third kappa shape index (κ3) is 1.95. The van der Waals surface area contributed by atoms with Gasteiger partial charge >= 0.3 is 0 Å². The number of hydrogen-bond donors (Lipinski definition) is 1. The Labute approximate surface area is 107 Å². The molecule has 1 atom stereocenters. The van der Waals surface area contributed by atoms with Gasteiger partial charge in [-0.15, -0.1) is 10.2 Å². The molecule has 0 saturated heterocycles. The van der Waals surface area contributed by atoms with Crippen LogP contribution in [0.2, 0.25) is 0 Å². The first-order valence-electron chi connectivity index (χ1n) is 6.52. The molecule has 18 heavy (non-hydrogen) atoms. The molecular weight excluding hydrogens is 226 g/mol. The number of aryl methyl sites for hydroxylation is 3. The van der Waals surface area contributed by atoms with Crippen molar-refractivity contribution in [3.05, 3.63) is 35.7 Å². The minimum atomic E-state index is 0.227. The fourth-order valence-electron chi connectivity index (χ4n) is 2.76. The van der Waals surface area contributed by atoms with Crippen molar-refractivity contribution in [3.8, 4) is 0 Å². The maximum atomic E-state index is 6.13. The van der Waals surface area contributed by atoms with Gasteiger partial charge < -0.3 is 14.9 Å². The lowest BCUT2D eigenvalue weighted by Gasteiger charge is -2.20. The molecule has 0 spiro atoms. The minimum Gasteiger partial charge on any atom is -0.351 e. The van der Waals surface area contributed by atoms with Gasteiger partial charge in [-0.1, -0.05) is 0 Å². The zero-order valence-electron chi connectivity index (χ0n) is 10.7. The van der Waals surface area contributed by atoms with Crippen LogP contribution in [0.15, 0.2) is 18.6 Å². The van der Waals surface area contributed by atoms with Crippen LogP contribution in [0.4, 0.5) is 0 Å². The summed E-state index contributed by atoms with van der Waals surface area (Å²) in [5, 5.41) is 8.02. The van der Waals surface area contributed by atoms with Gasteiger partial charge in [-0.05, 0) is 30.9 Å². The highest BCUT2D eigenvalue weighted by Gasteiger charge is 2.19. The van der Waals surface area contributed by atoms with Crippen molar-refractivity contribution in [2.75, 3.05) is 0 Å². The third-order valence-corrected chi connectivity index (χ3v) is 3.82. The molecule has 96 valence electrons. The molecule has 2 aromatic rings. The SMILES string of the molecule is Cn1cnnc1CCn1ccc2c1CCCC2N. The second-order valence-electron chi connectivity index (χ2n) is 5.02. The summed E-state index contributed by atoms with van der Waals surface area (Å²) >= 11 is 0. The Morgan fingerprint density at radius 1 is 1.50 bits per heavy atom. The van der Waals surface area contributed by atoms with Crippen LogP contribution < -0.4 is 5.73 Å². The maximum absolute atomic E-state index is 6.13. The molecule has 2 aromatic heterocycles. The quantitative estimate of drug-likeness (QED) is 0.883. The van der Waals surface area contributed by atoms with E-state index in [-0.39, 0.29) is 6.04 Å². The lowest BCUT2D eigenvalue weighted by Crippen LogP contribution is -2.18. The lowest BCUT2D eigenvalue weighted by atomic mass is 9.94. The van der Waals surface area contributed by atoms with Crippen molar-refractivity contribution in [2.24, 2.45) is 12.8 Å². The molecule has 2 N–H and O–H groups in total. The molecule has 5 heteroatoms. The Kier molecular flexibility index (Phi) is 2.91. The Balaban J connectivity index is 1.76. The molecule has 0 fully saturated rings. The summed E-state index contributed by atoms with van der Waals surface area (Å²) < 4.78 is 4.30. The van der Waals surface area contributed by atoms with Gasteiger partial charge in [-0.2, -0.15) is 0 Å². The molecule has 5 nitrogen and oxygen atoms in total. The van der Waals surface area contributed by atoms with E-state index >= 15 is 0 Å². The molecule has 0 aromatic carbocycles. The van der Waals surface area contributed by atoms with Crippen molar-refractivity contribution in [3.63, 3.8) is 0 Å². The second-order valence-corrected chi connectivity index (χ2v) is 5.02. The van der Waals surface area contributed by atoms with E-state index < -0.39 is 0 Å². The molecule has 0 aliphatic heterocycles. The zero-order valence-corrected chi connectivity index (χ0v) is 10.7. The average molecular weight is 245 g/mol. The predicted molar refractivity (Wildman–Crippen MR) is 69.0 cm³/mol. The van der Waals surface area contributed by atoms with Crippen LogP contribution in [0.25, 0.3) is 0 Å². The molecule has 0 bridgehead atoms. The first-order valence-corrected chi connectivity index (χ1v) is 6.52. The summed E-state index contributed by atoms with van der Waals surface area (Å²) in [6.07, 6.45) is 8.27. The van der Waals surface area contributed by atoms with Crippen LogP contribution >= 0.6 is 0 Å². The molecule has 0 saturated carbocycles. The molecule has 1 unspecified atom stereocenters. The van der Waals surface area contributed by atoms with Crippen LogP contribution in [-0.4, -0.2) is 19.3 Å². The maximum Gasteiger partial charge on any atom is 0.134 e. The van der Waals surface area contributed by atoms with E-state index in [4.69, 9.17) is 5.73 Å². The van der Waals surface area contributed by atoms with Gasteiger partial charge in [0.2, 0.25) is 0 Å². The third-order valence-electron chi connectivity index (χ3n) is 3.82. The van der Waals surface area contributed by atoms with Crippen LogP contribution in [-0.2, 0) is 26.4 Å². The van der Waals surface area contributed by atoms with E-state index in [1.807, 2.05) is 11.6 Å². The van der Waals surface area contributed by atoms with Gasteiger partial charge in [0.15, 0.2) is 0 Å². The summed E-state index contributed by atoms with van der Waals surface area (Å²) in [7, 11) is 1.98. The Hall–Kier alpha value is -1.62. The van der Waals surface area contributed by atoms with Crippen molar-refractivity contribution >= 4 is 0 Å². The highest BCUT2D eigenvalue weighted by atomic mass is 15.2. The van der Waals surface area contributed by atoms with Gasteiger partial charge in [0.1, 0.15) is 12.2 Å². The Bertz CT molecular complexity index is 539. The number of rotatable bonds is 3. The molecule has 3 rings (SSSR count). The normalized spacial score (nSPS) is 18.9. The van der Waals surface area contributed by atoms with E-state index in [1.54, 1.807) is 6.33 Å². The lowest BCUT2D eigenvalue weighted by molar-refractivity contribution is 0.534. The van der Waals surface area contributed by atoms with Crippen LogP contribution in [0.5, 0.6) is 0 Å². The number of fused-ring (bicyclic) bond motifs is 1. The summed E-state index contributed by atoms with van der Waals surface area (Å²) in [4.78, 5) is 0. The van der Waals surface area contributed by atoms with Crippen molar-refractivity contribution < 1.29 is 0 Å². The van der Waals surface area contributed by atoms with E-state index in [0.717, 1.165) is 31.6 Å². The topological polar surface area (TPSA) is 61.7 Å². The Morgan fingerprint density at radius 2 is 2.39 bits per heavy atom. The van der Waals surface area contributed by atoms with E-state index in [1.165, 1.54) is 17.7 Å². The highest BCUT2D eigenvalue weighted by molar-refractivity contribution is 5.28. The molecule has 0 radical (unpaired) electrons. The predicted octanol–water partition coefficient (Wildman–Crippen LogP) is 1.20. The number of nitrogens with two attached hydrogens (primary N) is 1. The molecule has 2 heterocycles. The van der Waals surface area contributed by atoms with E-state index in [0.29, 0.717) is 0 Å². The van der Waals surface area contributed by atoms with Crippen molar-refractivity contribution in [1.82, 2.24) is 19.3 Å². The van der Waals surface area contributed by atoms with E-state index in [2.05, 4.69) is 27.0 Å². The fourth-order valence-corrected chi connectivity index (χ4v) is 2.76. The first-order chi connectivity index (χ1) is 8.75. The second kappa shape index (κ2) is 4.57. The van der Waals surface area contributed by atoms with E-state index in [9.17, 15) is 0 Å². The van der Waals surface area contributed by atoms with Crippen molar-refractivity contribution in [1.29, 1.82) is 0 Å². The average Bonchev–Trinajstić information content (AvgIpc) is 2.94. The number of aromatic nitrogens is 4. The smallest absolute Gasteiger partial charge is 0.134 e. The van der Waals surface area contributed by atoms with Gasteiger partial charge in [-0.3, -0.25) is 0 Å².